The van der Waals surface area contributed by atoms with Gasteiger partial charge in [-0.3, -0.25) is 9.59 Å². The second kappa shape index (κ2) is 6.08. The Hall–Kier alpha value is -2.89. The lowest BCUT2D eigenvalue weighted by atomic mass is 10.2. The first kappa shape index (κ1) is 15.0. The van der Waals surface area contributed by atoms with Gasteiger partial charge in [-0.2, -0.15) is 0 Å². The van der Waals surface area contributed by atoms with Crippen LogP contribution in [0.2, 0.25) is 0 Å². The highest BCUT2D eigenvalue weighted by molar-refractivity contribution is 6.22. The second-order valence-electron chi connectivity index (χ2n) is 5.03. The molecule has 1 unspecified atom stereocenters. The minimum Gasteiger partial charge on any atom is -0.497 e. The highest BCUT2D eigenvalue weighted by Crippen LogP contribution is 2.27. The molecule has 1 heterocycles. The van der Waals surface area contributed by atoms with E-state index in [0.717, 1.165) is 4.90 Å². The summed E-state index contributed by atoms with van der Waals surface area (Å²) in [5.74, 6) is -0.205. The molecule has 2 amide bonds. The molecule has 5 nitrogen and oxygen atoms in total. The van der Waals surface area contributed by atoms with Crippen molar-refractivity contribution in [1.29, 1.82) is 0 Å². The number of rotatable bonds is 4. The van der Waals surface area contributed by atoms with Crippen LogP contribution in [0, 0.1) is 5.82 Å². The SMILES string of the molecule is COc1ccc(N2C(=O)CC(Oc3ccc(F)cc3)C2=O)cc1. The number of benzene rings is 2. The first-order valence-corrected chi connectivity index (χ1v) is 7.01. The van der Waals surface area contributed by atoms with E-state index in [2.05, 4.69) is 0 Å². The smallest absolute Gasteiger partial charge is 0.275 e. The molecule has 0 radical (unpaired) electrons. The molecule has 118 valence electrons. The minimum atomic E-state index is -0.907. The molecule has 0 N–H and O–H groups in total. The van der Waals surface area contributed by atoms with Gasteiger partial charge in [0.25, 0.3) is 5.91 Å². The fraction of sp³-hybridized carbons (Fsp3) is 0.176. The fourth-order valence-corrected chi connectivity index (χ4v) is 2.38. The largest absolute Gasteiger partial charge is 0.497 e. The third kappa shape index (κ3) is 3.01. The number of halogens is 1. The van der Waals surface area contributed by atoms with E-state index in [9.17, 15) is 14.0 Å². The maximum Gasteiger partial charge on any atom is 0.275 e. The van der Waals surface area contributed by atoms with Gasteiger partial charge in [0.1, 0.15) is 17.3 Å². The molecular weight excluding hydrogens is 301 g/mol. The zero-order valence-corrected chi connectivity index (χ0v) is 12.4. The number of amides is 2. The molecule has 1 saturated heterocycles. The van der Waals surface area contributed by atoms with Gasteiger partial charge in [-0.1, -0.05) is 0 Å². The third-order valence-electron chi connectivity index (χ3n) is 3.53. The van der Waals surface area contributed by atoms with Crippen LogP contribution >= 0.6 is 0 Å². The summed E-state index contributed by atoms with van der Waals surface area (Å²) in [6.45, 7) is 0. The quantitative estimate of drug-likeness (QED) is 0.814. The van der Waals surface area contributed by atoms with Crippen molar-refractivity contribution in [2.45, 2.75) is 12.5 Å². The molecule has 0 spiro atoms. The number of hydrogen-bond donors (Lipinski definition) is 0. The molecule has 2 aromatic carbocycles. The maximum atomic E-state index is 12.9. The first-order valence-electron chi connectivity index (χ1n) is 7.01. The predicted octanol–water partition coefficient (Wildman–Crippen LogP) is 2.55. The van der Waals surface area contributed by atoms with Crippen molar-refractivity contribution in [2.75, 3.05) is 12.0 Å². The van der Waals surface area contributed by atoms with Gasteiger partial charge in [-0.05, 0) is 48.5 Å². The Kier molecular flexibility index (Phi) is 3.97. The summed E-state index contributed by atoms with van der Waals surface area (Å²) < 4.78 is 23.4. The average Bonchev–Trinajstić information content (AvgIpc) is 2.84. The van der Waals surface area contributed by atoms with E-state index in [1.807, 2.05) is 0 Å². The third-order valence-corrected chi connectivity index (χ3v) is 3.53. The van der Waals surface area contributed by atoms with E-state index in [0.29, 0.717) is 17.2 Å². The van der Waals surface area contributed by atoms with Crippen molar-refractivity contribution in [3.05, 3.63) is 54.3 Å². The van der Waals surface area contributed by atoms with Crippen LogP contribution in [-0.2, 0) is 9.59 Å². The molecule has 1 aliphatic rings. The number of hydrogen-bond acceptors (Lipinski definition) is 4. The molecule has 0 aliphatic carbocycles. The van der Waals surface area contributed by atoms with Gasteiger partial charge in [0, 0.05) is 0 Å². The Bertz CT molecular complexity index is 727. The Morgan fingerprint density at radius 2 is 1.61 bits per heavy atom. The van der Waals surface area contributed by atoms with E-state index < -0.39 is 17.8 Å². The number of imide groups is 1. The average molecular weight is 315 g/mol. The molecule has 0 bridgehead atoms. The van der Waals surface area contributed by atoms with Gasteiger partial charge in [0.05, 0.1) is 19.2 Å². The number of carbonyl (C=O) groups is 2. The van der Waals surface area contributed by atoms with E-state index in [1.54, 1.807) is 24.3 Å². The topological polar surface area (TPSA) is 55.8 Å². The van der Waals surface area contributed by atoms with Gasteiger partial charge >= 0.3 is 0 Å². The van der Waals surface area contributed by atoms with E-state index in [-0.39, 0.29) is 12.3 Å². The molecule has 0 aromatic heterocycles. The summed E-state index contributed by atoms with van der Waals surface area (Å²) in [6, 6.07) is 11.9. The number of methoxy groups -OCH3 is 1. The van der Waals surface area contributed by atoms with Crippen LogP contribution < -0.4 is 14.4 Å². The lowest BCUT2D eigenvalue weighted by Crippen LogP contribution is -2.33. The van der Waals surface area contributed by atoms with Crippen molar-refractivity contribution in [1.82, 2.24) is 0 Å². The first-order chi connectivity index (χ1) is 11.1. The molecule has 6 heteroatoms. The predicted molar refractivity (Wildman–Crippen MR) is 80.9 cm³/mol. The summed E-state index contributed by atoms with van der Waals surface area (Å²) >= 11 is 0. The van der Waals surface area contributed by atoms with Gasteiger partial charge in [-0.15, -0.1) is 0 Å². The number of anilines is 1. The van der Waals surface area contributed by atoms with Crippen LogP contribution in [0.5, 0.6) is 11.5 Å². The molecule has 3 rings (SSSR count). The molecule has 1 atom stereocenters. The summed E-state index contributed by atoms with van der Waals surface area (Å²) in [4.78, 5) is 25.6. The van der Waals surface area contributed by atoms with Crippen LogP contribution in [0.1, 0.15) is 6.42 Å². The highest BCUT2D eigenvalue weighted by atomic mass is 19.1. The van der Waals surface area contributed by atoms with Crippen LogP contribution in [0.15, 0.2) is 48.5 Å². The zero-order chi connectivity index (χ0) is 16.4. The highest BCUT2D eigenvalue weighted by Gasteiger charge is 2.41. The van der Waals surface area contributed by atoms with Gasteiger partial charge < -0.3 is 9.47 Å². The van der Waals surface area contributed by atoms with Crippen molar-refractivity contribution in [3.8, 4) is 11.5 Å². The molecule has 1 aliphatic heterocycles. The molecular formula is C17H14FNO4. The summed E-state index contributed by atoms with van der Waals surface area (Å²) in [6.07, 6.45) is -0.961. The van der Waals surface area contributed by atoms with Crippen molar-refractivity contribution in [2.24, 2.45) is 0 Å². The normalized spacial score (nSPS) is 17.5. The maximum absolute atomic E-state index is 12.9. The van der Waals surface area contributed by atoms with E-state index >= 15 is 0 Å². The van der Waals surface area contributed by atoms with Gasteiger partial charge in [0.15, 0.2) is 6.10 Å². The van der Waals surface area contributed by atoms with E-state index in [1.165, 1.54) is 31.4 Å². The Balaban J connectivity index is 1.77. The van der Waals surface area contributed by atoms with Crippen LogP contribution in [-0.4, -0.2) is 25.0 Å². The van der Waals surface area contributed by atoms with Crippen LogP contribution in [0.25, 0.3) is 0 Å². The summed E-state index contributed by atoms with van der Waals surface area (Å²) in [7, 11) is 1.54. The van der Waals surface area contributed by atoms with Gasteiger partial charge in [-0.25, -0.2) is 9.29 Å². The number of ether oxygens (including phenoxy) is 2. The fourth-order valence-electron chi connectivity index (χ4n) is 2.38. The Morgan fingerprint density at radius 1 is 1.00 bits per heavy atom. The monoisotopic (exact) mass is 315 g/mol. The van der Waals surface area contributed by atoms with Crippen LogP contribution in [0.4, 0.5) is 10.1 Å². The standard InChI is InChI=1S/C17H14FNO4/c1-22-13-8-4-12(5-9-13)19-16(20)10-15(17(19)21)23-14-6-2-11(18)3-7-14/h2-9,15H,10H2,1H3. The molecule has 0 saturated carbocycles. The van der Waals surface area contributed by atoms with Crippen LogP contribution in [0.3, 0.4) is 0 Å². The number of nitrogens with zero attached hydrogens (tertiary/aromatic N) is 1. The summed E-state index contributed by atoms with van der Waals surface area (Å²) in [5.41, 5.74) is 0.464. The van der Waals surface area contributed by atoms with Gasteiger partial charge in [0.2, 0.25) is 5.91 Å². The number of carbonyl (C=O) groups excluding carboxylic acids is 2. The Labute approximate surface area is 132 Å². The zero-order valence-electron chi connectivity index (χ0n) is 12.4. The van der Waals surface area contributed by atoms with Crippen molar-refractivity contribution in [3.63, 3.8) is 0 Å². The van der Waals surface area contributed by atoms with E-state index in [4.69, 9.17) is 9.47 Å². The minimum absolute atomic E-state index is 0.0533. The molecule has 1 fully saturated rings. The Morgan fingerprint density at radius 3 is 2.22 bits per heavy atom. The second-order valence-corrected chi connectivity index (χ2v) is 5.03. The summed E-state index contributed by atoms with van der Waals surface area (Å²) in [5, 5.41) is 0. The molecule has 23 heavy (non-hydrogen) atoms. The lowest BCUT2D eigenvalue weighted by Gasteiger charge is -2.16. The van der Waals surface area contributed by atoms with Crippen molar-refractivity contribution >= 4 is 17.5 Å². The van der Waals surface area contributed by atoms with Crippen molar-refractivity contribution < 1.29 is 23.5 Å². The lowest BCUT2D eigenvalue weighted by molar-refractivity contribution is -0.123. The molecule has 2 aromatic rings.